The Bertz CT molecular complexity index is 1040. The lowest BCUT2D eigenvalue weighted by Crippen LogP contribution is -2.01. The fourth-order valence-corrected chi connectivity index (χ4v) is 3.63. The Hall–Kier alpha value is -2.69. The van der Waals surface area contributed by atoms with E-state index in [4.69, 9.17) is 0 Å². The molecule has 3 aromatic rings. The number of benzene rings is 3. The molecule has 0 unspecified atom stereocenters. The number of aryl methyl sites for hydroxylation is 2. The zero-order valence-corrected chi connectivity index (χ0v) is 16.8. The fourth-order valence-electron chi connectivity index (χ4n) is 3.63. The van der Waals surface area contributed by atoms with Crippen molar-refractivity contribution >= 4 is 16.8 Å². The van der Waals surface area contributed by atoms with E-state index in [0.29, 0.717) is 29.9 Å². The van der Waals surface area contributed by atoms with Gasteiger partial charge in [0.15, 0.2) is 0 Å². The molecule has 0 amide bonds. The van der Waals surface area contributed by atoms with Crippen LogP contribution in [0.1, 0.15) is 48.4 Å². The van der Waals surface area contributed by atoms with E-state index in [0.717, 1.165) is 24.8 Å². The minimum Gasteiger partial charge on any atom is -0.207 e. The Morgan fingerprint density at radius 2 is 1.53 bits per heavy atom. The quantitative estimate of drug-likeness (QED) is 0.257. The minimum absolute atomic E-state index is 0.0411. The van der Waals surface area contributed by atoms with Crippen LogP contribution in [0, 0.1) is 17.5 Å². The van der Waals surface area contributed by atoms with Gasteiger partial charge in [-0.25, -0.2) is 13.2 Å². The maximum Gasteiger partial charge on any atom is 0.271 e. The molecule has 0 radical (unpaired) electrons. The predicted molar refractivity (Wildman–Crippen MR) is 111 cm³/mol. The predicted octanol–water partition coefficient (Wildman–Crippen LogP) is 8.01. The summed E-state index contributed by atoms with van der Waals surface area (Å²) in [6.07, 6.45) is 2.69. The van der Waals surface area contributed by atoms with Gasteiger partial charge in [0.2, 0.25) is 0 Å². The minimum atomic E-state index is -1.97. The molecule has 0 nitrogen and oxygen atoms in total. The van der Waals surface area contributed by atoms with Gasteiger partial charge >= 0.3 is 0 Å². The normalized spacial score (nSPS) is 11.1. The van der Waals surface area contributed by atoms with E-state index in [1.807, 2.05) is 0 Å². The largest absolute Gasteiger partial charge is 0.271 e. The molecule has 0 saturated heterocycles. The smallest absolute Gasteiger partial charge is 0.207 e. The number of fused-ring (bicyclic) bond motifs is 1. The molecule has 158 valence electrons. The monoisotopic (exact) mass is 418 g/mol. The highest BCUT2D eigenvalue weighted by molar-refractivity contribution is 5.86. The number of halogens is 5. The van der Waals surface area contributed by atoms with Crippen LogP contribution in [0.3, 0.4) is 0 Å². The average Bonchev–Trinajstić information content (AvgIpc) is 2.69. The molecule has 0 saturated carbocycles. The Balaban J connectivity index is 1.76. The first-order valence-electron chi connectivity index (χ1n) is 10.1. The molecule has 0 N–H and O–H groups in total. The van der Waals surface area contributed by atoms with Gasteiger partial charge < -0.3 is 0 Å². The van der Waals surface area contributed by atoms with Crippen molar-refractivity contribution in [3.8, 4) is 0 Å². The molecule has 0 atom stereocenters. The van der Waals surface area contributed by atoms with Gasteiger partial charge in [-0.05, 0) is 54.3 Å². The topological polar surface area (TPSA) is 0 Å². The summed E-state index contributed by atoms with van der Waals surface area (Å²) in [6, 6.07) is 10.5. The summed E-state index contributed by atoms with van der Waals surface area (Å²) in [5.41, 5.74) is 1.31. The van der Waals surface area contributed by atoms with Crippen molar-refractivity contribution in [3.63, 3.8) is 0 Å². The Labute approximate surface area is 173 Å². The van der Waals surface area contributed by atoms with E-state index >= 15 is 0 Å². The third-order valence-electron chi connectivity index (χ3n) is 5.25. The first-order chi connectivity index (χ1) is 14.4. The van der Waals surface area contributed by atoms with Crippen molar-refractivity contribution < 1.29 is 22.0 Å². The average molecular weight is 418 g/mol. The summed E-state index contributed by atoms with van der Waals surface area (Å²) in [4.78, 5) is 0. The molecule has 5 heteroatoms. The standard InChI is InChI=1S/C25H23F5/c1-2-3-4-5-17-13-22(26)21(23(27)14-17)11-7-16-6-10-20-18(12-16)8-9-19(25(20)30)15-24(28)29/h6,8-10,12-15H,2-5,7,11H2,1H3. The summed E-state index contributed by atoms with van der Waals surface area (Å²) >= 11 is 0. The molecule has 30 heavy (non-hydrogen) atoms. The molecular formula is C25H23F5. The highest BCUT2D eigenvalue weighted by Crippen LogP contribution is 2.26. The Kier molecular flexibility index (Phi) is 7.24. The number of hydrogen-bond acceptors (Lipinski definition) is 0. The SMILES string of the molecule is CCCCCc1cc(F)c(CCc2ccc3c(F)c(C=C(F)F)ccc3c2)c(F)c1. The molecule has 0 bridgehead atoms. The maximum absolute atomic E-state index is 14.4. The second kappa shape index (κ2) is 9.88. The van der Waals surface area contributed by atoms with Crippen molar-refractivity contribution in [1.82, 2.24) is 0 Å². The van der Waals surface area contributed by atoms with Gasteiger partial charge in [-0.1, -0.05) is 50.1 Å². The van der Waals surface area contributed by atoms with Crippen LogP contribution < -0.4 is 0 Å². The second-order valence-corrected chi connectivity index (χ2v) is 7.45. The first-order valence-corrected chi connectivity index (χ1v) is 10.1. The molecule has 0 spiro atoms. The zero-order chi connectivity index (χ0) is 21.7. The van der Waals surface area contributed by atoms with Crippen molar-refractivity contribution in [2.75, 3.05) is 0 Å². The molecule has 3 rings (SSSR count). The third-order valence-corrected chi connectivity index (χ3v) is 5.25. The van der Waals surface area contributed by atoms with Gasteiger partial charge in [-0.2, -0.15) is 8.78 Å². The highest BCUT2D eigenvalue weighted by atomic mass is 19.3. The van der Waals surface area contributed by atoms with E-state index in [2.05, 4.69) is 6.92 Å². The maximum atomic E-state index is 14.4. The van der Waals surface area contributed by atoms with Crippen LogP contribution in [0.15, 0.2) is 48.5 Å². The summed E-state index contributed by atoms with van der Waals surface area (Å²) < 4.78 is 68.1. The highest BCUT2D eigenvalue weighted by Gasteiger charge is 2.13. The first kappa shape index (κ1) is 22.0. The summed E-state index contributed by atoms with van der Waals surface area (Å²) in [5.74, 6) is -1.81. The van der Waals surface area contributed by atoms with Crippen LogP contribution in [0.2, 0.25) is 0 Å². The summed E-state index contributed by atoms with van der Waals surface area (Å²) in [6.45, 7) is 2.07. The second-order valence-electron chi connectivity index (χ2n) is 7.45. The summed E-state index contributed by atoms with van der Waals surface area (Å²) in [5, 5.41) is 0.774. The molecule has 0 aliphatic carbocycles. The van der Waals surface area contributed by atoms with Crippen LogP contribution in [0.4, 0.5) is 22.0 Å². The van der Waals surface area contributed by atoms with Gasteiger partial charge in [0, 0.05) is 22.6 Å². The van der Waals surface area contributed by atoms with Crippen molar-refractivity contribution in [2.24, 2.45) is 0 Å². The summed E-state index contributed by atoms with van der Waals surface area (Å²) in [7, 11) is 0. The van der Waals surface area contributed by atoms with E-state index in [9.17, 15) is 22.0 Å². The van der Waals surface area contributed by atoms with Gasteiger partial charge in [0.1, 0.15) is 17.5 Å². The van der Waals surface area contributed by atoms with E-state index < -0.39 is 23.5 Å². The van der Waals surface area contributed by atoms with Crippen molar-refractivity contribution in [2.45, 2.75) is 45.4 Å². The van der Waals surface area contributed by atoms with Gasteiger partial charge in [0.25, 0.3) is 6.08 Å². The molecule has 0 heterocycles. The number of hydrogen-bond donors (Lipinski definition) is 0. The Morgan fingerprint density at radius 3 is 2.20 bits per heavy atom. The van der Waals surface area contributed by atoms with Gasteiger partial charge in [-0.3, -0.25) is 0 Å². The van der Waals surface area contributed by atoms with Crippen LogP contribution in [0.5, 0.6) is 0 Å². The van der Waals surface area contributed by atoms with Crippen molar-refractivity contribution in [3.05, 3.63) is 88.3 Å². The lowest BCUT2D eigenvalue weighted by Gasteiger charge is -2.10. The van der Waals surface area contributed by atoms with Crippen LogP contribution in [0.25, 0.3) is 16.8 Å². The molecule has 3 aromatic carbocycles. The molecule has 0 aromatic heterocycles. The van der Waals surface area contributed by atoms with E-state index in [-0.39, 0.29) is 22.9 Å². The van der Waals surface area contributed by atoms with Crippen LogP contribution in [-0.2, 0) is 19.3 Å². The van der Waals surface area contributed by atoms with Gasteiger partial charge in [-0.15, -0.1) is 0 Å². The van der Waals surface area contributed by atoms with Crippen LogP contribution in [-0.4, -0.2) is 0 Å². The van der Waals surface area contributed by atoms with E-state index in [1.165, 1.54) is 24.3 Å². The number of rotatable bonds is 8. The molecule has 0 aliphatic rings. The third kappa shape index (κ3) is 5.26. The lowest BCUT2D eigenvalue weighted by atomic mass is 9.97. The zero-order valence-electron chi connectivity index (χ0n) is 16.8. The van der Waals surface area contributed by atoms with E-state index in [1.54, 1.807) is 18.2 Å². The number of unbranched alkanes of at least 4 members (excludes halogenated alkanes) is 2. The molecular weight excluding hydrogens is 395 g/mol. The fraction of sp³-hybridized carbons (Fsp3) is 0.280. The lowest BCUT2D eigenvalue weighted by molar-refractivity contribution is 0.429. The molecule has 0 fully saturated rings. The molecule has 0 aliphatic heterocycles. The van der Waals surface area contributed by atoms with Gasteiger partial charge in [0.05, 0.1) is 0 Å². The van der Waals surface area contributed by atoms with Crippen LogP contribution >= 0.6 is 0 Å². The van der Waals surface area contributed by atoms with Crippen molar-refractivity contribution in [1.29, 1.82) is 0 Å². The Morgan fingerprint density at radius 1 is 0.800 bits per heavy atom.